The van der Waals surface area contributed by atoms with E-state index in [1.165, 1.54) is 19.3 Å². The monoisotopic (exact) mass is 240 g/mol. The van der Waals surface area contributed by atoms with E-state index in [4.69, 9.17) is 0 Å². The van der Waals surface area contributed by atoms with Crippen molar-refractivity contribution in [1.29, 1.82) is 0 Å². The number of nitrogens with one attached hydrogen (secondary N) is 2. The van der Waals surface area contributed by atoms with Crippen molar-refractivity contribution in [1.82, 2.24) is 10.6 Å². The molecule has 17 heavy (non-hydrogen) atoms. The summed E-state index contributed by atoms with van der Waals surface area (Å²) in [5.41, 5.74) is 0. The molecule has 2 fully saturated rings. The van der Waals surface area contributed by atoms with Crippen LogP contribution in [0.2, 0.25) is 0 Å². The Bertz CT molecular complexity index is 270. The Labute approximate surface area is 103 Å². The highest BCUT2D eigenvalue weighted by atomic mass is 16.3. The minimum atomic E-state index is -0.361. The van der Waals surface area contributed by atoms with Gasteiger partial charge >= 0.3 is 0 Å². The summed E-state index contributed by atoms with van der Waals surface area (Å²) in [5.74, 6) is 0.847. The van der Waals surface area contributed by atoms with Crippen molar-refractivity contribution < 1.29 is 9.90 Å². The summed E-state index contributed by atoms with van der Waals surface area (Å²) in [6.07, 6.45) is 6.17. The molecular formula is C13H24N2O2. The van der Waals surface area contributed by atoms with Gasteiger partial charge < -0.3 is 15.7 Å². The van der Waals surface area contributed by atoms with Gasteiger partial charge in [0, 0.05) is 12.6 Å². The molecule has 0 aromatic rings. The van der Waals surface area contributed by atoms with Gasteiger partial charge in [-0.1, -0.05) is 26.2 Å². The molecule has 2 aliphatic rings. The second-order valence-electron chi connectivity index (χ2n) is 5.50. The summed E-state index contributed by atoms with van der Waals surface area (Å²) in [6.45, 7) is 2.77. The maximum atomic E-state index is 12.0. The number of amides is 1. The Kier molecular flexibility index (Phi) is 4.40. The molecule has 98 valence electrons. The Hall–Kier alpha value is -0.610. The van der Waals surface area contributed by atoms with Crippen molar-refractivity contribution in [2.45, 2.75) is 63.6 Å². The molecule has 4 nitrogen and oxygen atoms in total. The zero-order chi connectivity index (χ0) is 12.3. The van der Waals surface area contributed by atoms with Crippen LogP contribution in [0.25, 0.3) is 0 Å². The van der Waals surface area contributed by atoms with E-state index in [-0.39, 0.29) is 18.1 Å². The second kappa shape index (κ2) is 5.83. The first kappa shape index (κ1) is 12.8. The summed E-state index contributed by atoms with van der Waals surface area (Å²) in [7, 11) is 0. The summed E-state index contributed by atoms with van der Waals surface area (Å²) in [4.78, 5) is 12.0. The van der Waals surface area contributed by atoms with Crippen LogP contribution < -0.4 is 10.6 Å². The van der Waals surface area contributed by atoms with Gasteiger partial charge in [-0.2, -0.15) is 0 Å². The molecule has 0 radical (unpaired) electrons. The van der Waals surface area contributed by atoms with Crippen LogP contribution in [0, 0.1) is 5.92 Å². The van der Waals surface area contributed by atoms with Crippen molar-refractivity contribution >= 4 is 5.91 Å². The minimum absolute atomic E-state index is 0.0725. The molecule has 0 aromatic heterocycles. The van der Waals surface area contributed by atoms with Crippen LogP contribution in [0.15, 0.2) is 0 Å². The Balaban J connectivity index is 1.78. The van der Waals surface area contributed by atoms with Crippen LogP contribution in [0.1, 0.15) is 45.4 Å². The van der Waals surface area contributed by atoms with Gasteiger partial charge in [0.2, 0.25) is 5.91 Å². The van der Waals surface area contributed by atoms with Crippen LogP contribution in [0.3, 0.4) is 0 Å². The molecule has 0 aromatic carbocycles. The topological polar surface area (TPSA) is 61.4 Å². The highest BCUT2D eigenvalue weighted by Gasteiger charge is 2.30. The van der Waals surface area contributed by atoms with Crippen LogP contribution >= 0.6 is 0 Å². The maximum Gasteiger partial charge on any atom is 0.237 e. The standard InChI is InChI=1S/C13H24N2O2/c1-2-9-4-3-5-10(6-9)15-13(17)12-7-11(16)8-14-12/h9-12,14,16H,2-8H2,1H3,(H,15,17). The number of β-amino-alcohol motifs (C(OH)–C–C–N with tert-alkyl or cyclic N) is 1. The SMILES string of the molecule is CCC1CCCC(NC(=O)C2CC(O)CN2)C1. The first-order chi connectivity index (χ1) is 8.19. The van der Waals surface area contributed by atoms with E-state index in [1.807, 2.05) is 0 Å². The molecule has 0 spiro atoms. The first-order valence-corrected chi connectivity index (χ1v) is 6.90. The van der Waals surface area contributed by atoms with Gasteiger partial charge in [-0.15, -0.1) is 0 Å². The van der Waals surface area contributed by atoms with Crippen molar-refractivity contribution in [2.75, 3.05) is 6.54 Å². The van der Waals surface area contributed by atoms with E-state index in [1.54, 1.807) is 0 Å². The van der Waals surface area contributed by atoms with E-state index in [9.17, 15) is 9.90 Å². The lowest BCUT2D eigenvalue weighted by Crippen LogP contribution is -2.46. The second-order valence-corrected chi connectivity index (χ2v) is 5.50. The molecule has 4 unspecified atom stereocenters. The number of aliphatic hydroxyl groups excluding tert-OH is 1. The van der Waals surface area contributed by atoms with Gasteiger partial charge in [-0.3, -0.25) is 4.79 Å². The molecular weight excluding hydrogens is 216 g/mol. The number of hydrogen-bond acceptors (Lipinski definition) is 3. The largest absolute Gasteiger partial charge is 0.392 e. The Morgan fingerprint density at radius 2 is 2.24 bits per heavy atom. The fourth-order valence-corrected chi connectivity index (χ4v) is 3.01. The highest BCUT2D eigenvalue weighted by molar-refractivity contribution is 5.82. The quantitative estimate of drug-likeness (QED) is 0.683. The van der Waals surface area contributed by atoms with Crippen LogP contribution in [0.4, 0.5) is 0 Å². The van der Waals surface area contributed by atoms with Crippen LogP contribution in [-0.4, -0.2) is 35.7 Å². The lowest BCUT2D eigenvalue weighted by molar-refractivity contribution is -0.124. The van der Waals surface area contributed by atoms with Gasteiger partial charge in [0.05, 0.1) is 12.1 Å². The smallest absolute Gasteiger partial charge is 0.237 e. The molecule has 0 bridgehead atoms. The normalized spacial score (nSPS) is 38.0. The molecule has 1 amide bonds. The number of carbonyl (C=O) groups is 1. The summed E-state index contributed by atoms with van der Waals surface area (Å²) in [6, 6.07) is 0.160. The first-order valence-electron chi connectivity index (χ1n) is 6.90. The predicted octanol–water partition coefficient (Wildman–Crippen LogP) is 0.794. The summed E-state index contributed by atoms with van der Waals surface area (Å²) < 4.78 is 0. The minimum Gasteiger partial charge on any atom is -0.392 e. The van der Waals surface area contributed by atoms with Crippen molar-refractivity contribution in [2.24, 2.45) is 5.92 Å². The molecule has 3 N–H and O–H groups in total. The molecule has 4 heteroatoms. The van der Waals surface area contributed by atoms with Gasteiger partial charge in [0.25, 0.3) is 0 Å². The van der Waals surface area contributed by atoms with E-state index >= 15 is 0 Å². The van der Waals surface area contributed by atoms with E-state index in [2.05, 4.69) is 17.6 Å². The predicted molar refractivity (Wildman–Crippen MR) is 66.6 cm³/mol. The molecule has 1 saturated heterocycles. The number of rotatable bonds is 3. The van der Waals surface area contributed by atoms with E-state index < -0.39 is 0 Å². The van der Waals surface area contributed by atoms with Crippen molar-refractivity contribution in [3.63, 3.8) is 0 Å². The van der Waals surface area contributed by atoms with Gasteiger partial charge in [0.15, 0.2) is 0 Å². The summed E-state index contributed by atoms with van der Waals surface area (Å²) in [5, 5.41) is 15.6. The van der Waals surface area contributed by atoms with Crippen LogP contribution in [-0.2, 0) is 4.79 Å². The van der Waals surface area contributed by atoms with E-state index in [0.717, 1.165) is 18.8 Å². The lowest BCUT2D eigenvalue weighted by atomic mass is 9.84. The number of aliphatic hydroxyl groups is 1. The van der Waals surface area contributed by atoms with Gasteiger partial charge in [-0.25, -0.2) is 0 Å². The molecule has 1 heterocycles. The fourth-order valence-electron chi connectivity index (χ4n) is 3.01. The summed E-state index contributed by atoms with van der Waals surface area (Å²) >= 11 is 0. The molecule has 1 aliphatic carbocycles. The highest BCUT2D eigenvalue weighted by Crippen LogP contribution is 2.26. The lowest BCUT2D eigenvalue weighted by Gasteiger charge is -2.29. The Morgan fingerprint density at radius 1 is 1.41 bits per heavy atom. The van der Waals surface area contributed by atoms with Gasteiger partial charge in [0.1, 0.15) is 0 Å². The molecule has 4 atom stereocenters. The maximum absolute atomic E-state index is 12.0. The third-order valence-electron chi connectivity index (χ3n) is 4.13. The third-order valence-corrected chi connectivity index (χ3v) is 4.13. The zero-order valence-electron chi connectivity index (χ0n) is 10.6. The molecule has 2 rings (SSSR count). The number of hydrogen-bond donors (Lipinski definition) is 3. The molecule has 1 saturated carbocycles. The average molecular weight is 240 g/mol. The fraction of sp³-hybridized carbons (Fsp3) is 0.923. The third kappa shape index (κ3) is 3.42. The average Bonchev–Trinajstić information content (AvgIpc) is 2.76. The molecule has 1 aliphatic heterocycles. The van der Waals surface area contributed by atoms with Crippen LogP contribution in [0.5, 0.6) is 0 Å². The van der Waals surface area contributed by atoms with E-state index in [0.29, 0.717) is 19.0 Å². The van der Waals surface area contributed by atoms with Gasteiger partial charge in [-0.05, 0) is 25.2 Å². The number of carbonyl (C=O) groups excluding carboxylic acids is 1. The zero-order valence-corrected chi connectivity index (χ0v) is 10.6. The Morgan fingerprint density at radius 3 is 2.88 bits per heavy atom. The van der Waals surface area contributed by atoms with Crippen molar-refractivity contribution in [3.8, 4) is 0 Å². The van der Waals surface area contributed by atoms with Crippen molar-refractivity contribution in [3.05, 3.63) is 0 Å².